The maximum absolute atomic E-state index is 9.20. The number of nitrogens with one attached hydrogen (secondary N) is 1. The molecule has 3 N–H and O–H groups in total. The maximum Gasteiger partial charge on any atom is 0.161 e. The zero-order valence-corrected chi connectivity index (χ0v) is 10.8. The van der Waals surface area contributed by atoms with E-state index in [1.165, 1.54) is 0 Å². The lowest BCUT2D eigenvalue weighted by Crippen LogP contribution is -2.28. The highest BCUT2D eigenvalue weighted by atomic mass is 16.5. The zero-order chi connectivity index (χ0) is 13.4. The van der Waals surface area contributed by atoms with Gasteiger partial charge in [-0.05, 0) is 24.6 Å². The number of ether oxygens (including phenoxy) is 2. The summed E-state index contributed by atoms with van der Waals surface area (Å²) in [4.78, 5) is 0. The first kappa shape index (κ1) is 14.8. The molecule has 0 aromatic heterocycles. The highest BCUT2D eigenvalue weighted by Gasteiger charge is 2.06. The van der Waals surface area contributed by atoms with Crippen LogP contribution < -0.4 is 14.8 Å². The van der Waals surface area contributed by atoms with Gasteiger partial charge in [-0.3, -0.25) is 0 Å². The van der Waals surface area contributed by atoms with Gasteiger partial charge in [-0.15, -0.1) is 0 Å². The second-order valence-corrected chi connectivity index (χ2v) is 3.89. The lowest BCUT2D eigenvalue weighted by Gasteiger charge is -2.12. The Morgan fingerprint density at radius 2 is 2.11 bits per heavy atom. The van der Waals surface area contributed by atoms with Crippen molar-refractivity contribution < 1.29 is 19.7 Å². The fourth-order valence-corrected chi connectivity index (χ4v) is 1.55. The van der Waals surface area contributed by atoms with Gasteiger partial charge in [-0.2, -0.15) is 0 Å². The Morgan fingerprint density at radius 3 is 2.72 bits per heavy atom. The molecule has 0 unspecified atom stereocenters. The Morgan fingerprint density at radius 1 is 1.33 bits per heavy atom. The molecule has 0 heterocycles. The van der Waals surface area contributed by atoms with Crippen molar-refractivity contribution in [3.63, 3.8) is 0 Å². The normalized spacial score (nSPS) is 12.2. The van der Waals surface area contributed by atoms with Crippen molar-refractivity contribution in [2.75, 3.05) is 26.9 Å². The number of hydrogen-bond acceptors (Lipinski definition) is 5. The predicted octanol–water partition coefficient (Wildman–Crippen LogP) is 0.537. The fraction of sp³-hybridized carbons (Fsp3) is 0.538. The molecule has 5 nitrogen and oxygen atoms in total. The summed E-state index contributed by atoms with van der Waals surface area (Å²) in [7, 11) is 1.60. The monoisotopic (exact) mass is 255 g/mol. The van der Waals surface area contributed by atoms with Crippen LogP contribution in [0.25, 0.3) is 0 Å². The molecule has 5 heteroatoms. The molecule has 1 atom stereocenters. The Hall–Kier alpha value is -1.30. The standard InChI is InChI=1S/C13H21NO4/c1-3-18-13-6-10(4-5-12(13)17-2)7-14-8-11(16)9-15/h4-6,11,14-16H,3,7-9H2,1-2H3/t11-/m1/s1. The molecule has 0 aliphatic rings. The van der Waals surface area contributed by atoms with Gasteiger partial charge < -0.3 is 25.0 Å². The molecule has 0 aliphatic carbocycles. The summed E-state index contributed by atoms with van der Waals surface area (Å²) in [5.41, 5.74) is 1.03. The molecule has 0 amide bonds. The van der Waals surface area contributed by atoms with Crippen molar-refractivity contribution in [1.29, 1.82) is 0 Å². The van der Waals surface area contributed by atoms with Gasteiger partial charge >= 0.3 is 0 Å². The molecule has 0 radical (unpaired) electrons. The van der Waals surface area contributed by atoms with Crippen LogP contribution in [0.2, 0.25) is 0 Å². The van der Waals surface area contributed by atoms with Crippen LogP contribution in [0.15, 0.2) is 18.2 Å². The number of methoxy groups -OCH3 is 1. The summed E-state index contributed by atoms with van der Waals surface area (Å²) in [6, 6.07) is 5.69. The first-order chi connectivity index (χ1) is 8.71. The van der Waals surface area contributed by atoms with E-state index in [0.29, 0.717) is 31.2 Å². The molecule has 18 heavy (non-hydrogen) atoms. The van der Waals surface area contributed by atoms with Crippen LogP contribution in [0.3, 0.4) is 0 Å². The quantitative estimate of drug-likeness (QED) is 0.632. The van der Waals surface area contributed by atoms with Gasteiger partial charge in [0.2, 0.25) is 0 Å². The van der Waals surface area contributed by atoms with E-state index in [1.54, 1.807) is 7.11 Å². The smallest absolute Gasteiger partial charge is 0.161 e. The van der Waals surface area contributed by atoms with E-state index in [9.17, 15) is 5.11 Å². The van der Waals surface area contributed by atoms with E-state index < -0.39 is 6.10 Å². The Balaban J connectivity index is 2.58. The Kier molecular flexibility index (Phi) is 6.49. The molecule has 102 valence electrons. The summed E-state index contributed by atoms with van der Waals surface area (Å²) in [6.45, 7) is 3.21. The Bertz CT molecular complexity index is 357. The maximum atomic E-state index is 9.20. The van der Waals surface area contributed by atoms with E-state index in [2.05, 4.69) is 5.32 Å². The fourth-order valence-electron chi connectivity index (χ4n) is 1.55. The number of rotatable bonds is 8. The van der Waals surface area contributed by atoms with Crippen LogP contribution in [0.5, 0.6) is 11.5 Å². The lowest BCUT2D eigenvalue weighted by molar-refractivity contribution is 0.0942. The molecule has 0 aliphatic heterocycles. The van der Waals surface area contributed by atoms with Crippen molar-refractivity contribution >= 4 is 0 Å². The summed E-state index contributed by atoms with van der Waals surface area (Å²) in [6.07, 6.45) is -0.727. The third-order valence-electron chi connectivity index (χ3n) is 2.45. The van der Waals surface area contributed by atoms with Gasteiger partial charge in [-0.25, -0.2) is 0 Å². The van der Waals surface area contributed by atoms with Gasteiger partial charge in [0.25, 0.3) is 0 Å². The molecule has 0 saturated heterocycles. The first-order valence-electron chi connectivity index (χ1n) is 6.00. The van der Waals surface area contributed by atoms with Crippen LogP contribution in [0.4, 0.5) is 0 Å². The second-order valence-electron chi connectivity index (χ2n) is 3.89. The van der Waals surface area contributed by atoms with Gasteiger partial charge in [0, 0.05) is 13.1 Å². The minimum Gasteiger partial charge on any atom is -0.493 e. The largest absolute Gasteiger partial charge is 0.493 e. The SMILES string of the molecule is CCOc1cc(CNC[C@@H](O)CO)ccc1OC. The van der Waals surface area contributed by atoms with Crippen molar-refractivity contribution in [2.24, 2.45) is 0 Å². The average molecular weight is 255 g/mol. The average Bonchev–Trinajstić information content (AvgIpc) is 2.39. The number of hydrogen-bond donors (Lipinski definition) is 3. The van der Waals surface area contributed by atoms with Crippen LogP contribution in [-0.2, 0) is 6.54 Å². The molecule has 0 fully saturated rings. The molecule has 1 aromatic rings. The van der Waals surface area contributed by atoms with E-state index in [4.69, 9.17) is 14.6 Å². The van der Waals surface area contributed by atoms with Crippen LogP contribution >= 0.6 is 0 Å². The lowest BCUT2D eigenvalue weighted by atomic mass is 10.2. The predicted molar refractivity (Wildman–Crippen MR) is 69.0 cm³/mol. The zero-order valence-electron chi connectivity index (χ0n) is 10.8. The van der Waals surface area contributed by atoms with Crippen LogP contribution in [0.1, 0.15) is 12.5 Å². The van der Waals surface area contributed by atoms with Gasteiger partial charge in [0.15, 0.2) is 11.5 Å². The van der Waals surface area contributed by atoms with Crippen molar-refractivity contribution in [2.45, 2.75) is 19.6 Å². The number of benzene rings is 1. The highest BCUT2D eigenvalue weighted by Crippen LogP contribution is 2.27. The van der Waals surface area contributed by atoms with Crippen LogP contribution in [-0.4, -0.2) is 43.2 Å². The highest BCUT2D eigenvalue weighted by molar-refractivity contribution is 5.42. The molecule has 0 saturated carbocycles. The third kappa shape index (κ3) is 4.52. The molecular weight excluding hydrogens is 234 g/mol. The number of aliphatic hydroxyl groups excluding tert-OH is 2. The minimum absolute atomic E-state index is 0.236. The third-order valence-corrected chi connectivity index (χ3v) is 2.45. The second kappa shape index (κ2) is 7.92. The summed E-state index contributed by atoms with van der Waals surface area (Å²) in [5.74, 6) is 1.41. The van der Waals surface area contributed by atoms with Crippen molar-refractivity contribution in [1.82, 2.24) is 5.32 Å². The summed E-state index contributed by atoms with van der Waals surface area (Å²) in [5, 5.41) is 20.9. The minimum atomic E-state index is -0.727. The topological polar surface area (TPSA) is 71.0 Å². The Labute approximate surface area is 107 Å². The number of aliphatic hydroxyl groups is 2. The molecule has 0 bridgehead atoms. The molecule has 1 aromatic carbocycles. The van der Waals surface area contributed by atoms with Gasteiger partial charge in [-0.1, -0.05) is 6.07 Å². The molecule has 0 spiro atoms. The van der Waals surface area contributed by atoms with Crippen molar-refractivity contribution in [3.8, 4) is 11.5 Å². The van der Waals surface area contributed by atoms with Gasteiger partial charge in [0.05, 0.1) is 26.4 Å². The first-order valence-corrected chi connectivity index (χ1v) is 6.00. The van der Waals surface area contributed by atoms with E-state index in [0.717, 1.165) is 5.56 Å². The van der Waals surface area contributed by atoms with E-state index in [-0.39, 0.29) is 6.61 Å². The van der Waals surface area contributed by atoms with E-state index >= 15 is 0 Å². The summed E-state index contributed by atoms with van der Waals surface area (Å²) >= 11 is 0. The summed E-state index contributed by atoms with van der Waals surface area (Å²) < 4.78 is 10.7. The molecular formula is C13H21NO4. The van der Waals surface area contributed by atoms with E-state index in [1.807, 2.05) is 25.1 Å². The molecule has 1 rings (SSSR count). The van der Waals surface area contributed by atoms with Crippen molar-refractivity contribution in [3.05, 3.63) is 23.8 Å². The van der Waals surface area contributed by atoms with Gasteiger partial charge in [0.1, 0.15) is 0 Å². The van der Waals surface area contributed by atoms with Crippen LogP contribution in [0, 0.1) is 0 Å².